The fourth-order valence-electron chi connectivity index (χ4n) is 2.81. The van der Waals surface area contributed by atoms with Crippen LogP contribution in [0.2, 0.25) is 0 Å². The number of nitrogens with zero attached hydrogens (tertiary/aromatic N) is 1. The van der Waals surface area contributed by atoms with Crippen LogP contribution >= 0.6 is 0 Å². The Morgan fingerprint density at radius 2 is 2.00 bits per heavy atom. The Kier molecular flexibility index (Phi) is 6.30. The number of ether oxygens (including phenoxy) is 1. The molecule has 1 aliphatic heterocycles. The molecule has 0 aliphatic carbocycles. The lowest BCUT2D eigenvalue weighted by Gasteiger charge is -2.33. The minimum absolute atomic E-state index is 0.0287. The highest BCUT2D eigenvalue weighted by Gasteiger charge is 2.37. The zero-order valence-corrected chi connectivity index (χ0v) is 13.3. The Morgan fingerprint density at radius 1 is 1.35 bits per heavy atom. The Labute approximate surface area is 122 Å². The van der Waals surface area contributed by atoms with E-state index >= 15 is 0 Å². The van der Waals surface area contributed by atoms with Crippen LogP contribution in [0.3, 0.4) is 0 Å². The predicted molar refractivity (Wildman–Crippen MR) is 78.4 cm³/mol. The van der Waals surface area contributed by atoms with Crippen molar-refractivity contribution in [3.8, 4) is 0 Å². The normalized spacial score (nSPS) is 21.7. The van der Waals surface area contributed by atoms with Crippen molar-refractivity contribution in [3.63, 3.8) is 0 Å². The van der Waals surface area contributed by atoms with E-state index in [4.69, 9.17) is 0 Å². The van der Waals surface area contributed by atoms with Crippen molar-refractivity contribution in [1.29, 1.82) is 0 Å². The highest BCUT2D eigenvalue weighted by Crippen LogP contribution is 2.25. The van der Waals surface area contributed by atoms with Crippen molar-refractivity contribution >= 4 is 12.0 Å². The van der Waals surface area contributed by atoms with Crippen LogP contribution in [0.4, 0.5) is 4.79 Å². The summed E-state index contributed by atoms with van der Waals surface area (Å²) in [7, 11) is 1.32. The second-order valence-electron chi connectivity index (χ2n) is 5.98. The van der Waals surface area contributed by atoms with Crippen molar-refractivity contribution < 1.29 is 14.3 Å². The molecule has 0 aromatic rings. The number of rotatable bonds is 5. The predicted octanol–water partition coefficient (Wildman–Crippen LogP) is 2.40. The third kappa shape index (κ3) is 3.87. The number of hydrogen-bond donors (Lipinski definition) is 1. The van der Waals surface area contributed by atoms with Gasteiger partial charge in [-0.15, -0.1) is 0 Å². The molecule has 0 aromatic carbocycles. The molecule has 0 saturated carbocycles. The maximum absolute atomic E-state index is 12.8. The average molecular weight is 284 g/mol. The van der Waals surface area contributed by atoms with E-state index in [0.29, 0.717) is 5.92 Å². The van der Waals surface area contributed by atoms with Gasteiger partial charge in [0.25, 0.3) is 0 Å². The Hall–Kier alpha value is -1.26. The van der Waals surface area contributed by atoms with E-state index in [1.54, 1.807) is 0 Å². The molecule has 1 aliphatic rings. The molecule has 20 heavy (non-hydrogen) atoms. The lowest BCUT2D eigenvalue weighted by Crippen LogP contribution is -2.53. The van der Waals surface area contributed by atoms with E-state index in [9.17, 15) is 9.59 Å². The van der Waals surface area contributed by atoms with Crippen LogP contribution in [0, 0.1) is 11.8 Å². The number of alkyl carbamates (subject to hydrolysis) is 1. The van der Waals surface area contributed by atoms with Gasteiger partial charge < -0.3 is 15.0 Å². The summed E-state index contributed by atoms with van der Waals surface area (Å²) >= 11 is 0. The first-order chi connectivity index (χ1) is 9.42. The van der Waals surface area contributed by atoms with E-state index in [-0.39, 0.29) is 17.9 Å². The summed E-state index contributed by atoms with van der Waals surface area (Å²) in [6.45, 7) is 9.08. The standard InChI is InChI=1S/C15H28N2O3/c1-6-11(4)13(16-15(19)20-5)14(18)17-9-7-8-12(17)10(2)3/h10-13H,6-9H2,1-5H3,(H,16,19)/t11-,12-,13-/m0/s1. The third-order valence-corrected chi connectivity index (χ3v) is 4.29. The second kappa shape index (κ2) is 7.50. The number of amides is 2. The van der Waals surface area contributed by atoms with Gasteiger partial charge in [-0.25, -0.2) is 4.79 Å². The van der Waals surface area contributed by atoms with Gasteiger partial charge in [0, 0.05) is 12.6 Å². The highest BCUT2D eigenvalue weighted by atomic mass is 16.5. The van der Waals surface area contributed by atoms with Crippen LogP contribution in [0.25, 0.3) is 0 Å². The molecule has 0 unspecified atom stereocenters. The molecule has 5 nitrogen and oxygen atoms in total. The molecule has 0 radical (unpaired) electrons. The molecule has 3 atom stereocenters. The molecule has 116 valence electrons. The molecule has 0 spiro atoms. The molecule has 1 saturated heterocycles. The molecular formula is C15H28N2O3. The Bertz CT molecular complexity index is 344. The van der Waals surface area contributed by atoms with Gasteiger partial charge in [0.2, 0.25) is 5.91 Å². The fraction of sp³-hybridized carbons (Fsp3) is 0.867. The summed E-state index contributed by atoms with van der Waals surface area (Å²) in [4.78, 5) is 26.2. The summed E-state index contributed by atoms with van der Waals surface area (Å²) in [6.07, 6.45) is 2.39. The van der Waals surface area contributed by atoms with Gasteiger partial charge >= 0.3 is 6.09 Å². The van der Waals surface area contributed by atoms with Gasteiger partial charge in [0.1, 0.15) is 6.04 Å². The molecule has 1 fully saturated rings. The van der Waals surface area contributed by atoms with E-state index in [1.165, 1.54) is 7.11 Å². The fourth-order valence-corrected chi connectivity index (χ4v) is 2.81. The van der Waals surface area contributed by atoms with Gasteiger partial charge in [-0.2, -0.15) is 0 Å². The molecule has 1 heterocycles. The van der Waals surface area contributed by atoms with E-state index in [2.05, 4.69) is 23.9 Å². The Balaban J connectivity index is 2.84. The van der Waals surface area contributed by atoms with Crippen molar-refractivity contribution in [1.82, 2.24) is 10.2 Å². The first-order valence-electron chi connectivity index (χ1n) is 7.57. The zero-order valence-electron chi connectivity index (χ0n) is 13.3. The monoisotopic (exact) mass is 284 g/mol. The number of likely N-dealkylation sites (tertiary alicyclic amines) is 1. The van der Waals surface area contributed by atoms with E-state index < -0.39 is 12.1 Å². The first kappa shape index (κ1) is 16.8. The average Bonchev–Trinajstić information content (AvgIpc) is 2.92. The molecule has 0 bridgehead atoms. The van der Waals surface area contributed by atoms with Gasteiger partial charge in [-0.1, -0.05) is 34.1 Å². The van der Waals surface area contributed by atoms with Crippen molar-refractivity contribution in [2.75, 3.05) is 13.7 Å². The smallest absolute Gasteiger partial charge is 0.407 e. The summed E-state index contributed by atoms with van der Waals surface area (Å²) in [6, 6.07) is -0.208. The lowest BCUT2D eigenvalue weighted by molar-refractivity contribution is -0.136. The van der Waals surface area contributed by atoms with Crippen LogP contribution in [0.15, 0.2) is 0 Å². The van der Waals surface area contributed by atoms with Crippen molar-refractivity contribution in [2.24, 2.45) is 11.8 Å². The molecular weight excluding hydrogens is 256 g/mol. The summed E-state index contributed by atoms with van der Waals surface area (Å²) in [5, 5.41) is 2.70. The summed E-state index contributed by atoms with van der Waals surface area (Å²) < 4.78 is 4.64. The first-order valence-corrected chi connectivity index (χ1v) is 7.57. The van der Waals surface area contributed by atoms with Crippen molar-refractivity contribution in [3.05, 3.63) is 0 Å². The Morgan fingerprint density at radius 3 is 2.50 bits per heavy atom. The topological polar surface area (TPSA) is 58.6 Å². The van der Waals surface area contributed by atoms with E-state index in [1.807, 2.05) is 18.7 Å². The van der Waals surface area contributed by atoms with Crippen LogP contribution in [0.1, 0.15) is 47.0 Å². The van der Waals surface area contributed by atoms with Gasteiger partial charge in [0.05, 0.1) is 7.11 Å². The van der Waals surface area contributed by atoms with Gasteiger partial charge in [-0.05, 0) is 24.7 Å². The largest absolute Gasteiger partial charge is 0.453 e. The van der Waals surface area contributed by atoms with Crippen LogP contribution < -0.4 is 5.32 Å². The van der Waals surface area contributed by atoms with Crippen LogP contribution in [0.5, 0.6) is 0 Å². The number of carbonyl (C=O) groups is 2. The van der Waals surface area contributed by atoms with E-state index in [0.717, 1.165) is 25.8 Å². The van der Waals surface area contributed by atoms with Gasteiger partial charge in [0.15, 0.2) is 0 Å². The number of methoxy groups -OCH3 is 1. The maximum Gasteiger partial charge on any atom is 0.407 e. The molecule has 1 N–H and O–H groups in total. The third-order valence-electron chi connectivity index (χ3n) is 4.29. The minimum Gasteiger partial charge on any atom is -0.453 e. The maximum atomic E-state index is 12.8. The highest BCUT2D eigenvalue weighted by molar-refractivity contribution is 5.86. The number of hydrogen-bond acceptors (Lipinski definition) is 3. The SMILES string of the molecule is CC[C@H](C)[C@H](NC(=O)OC)C(=O)N1CCC[C@H]1C(C)C. The molecule has 1 rings (SSSR count). The molecule has 5 heteroatoms. The molecule has 0 aromatic heterocycles. The number of carbonyl (C=O) groups excluding carboxylic acids is 2. The quantitative estimate of drug-likeness (QED) is 0.843. The van der Waals surface area contributed by atoms with Crippen LogP contribution in [-0.2, 0) is 9.53 Å². The molecule has 2 amide bonds. The second-order valence-corrected chi connectivity index (χ2v) is 5.98. The lowest BCUT2D eigenvalue weighted by atomic mass is 9.96. The van der Waals surface area contributed by atoms with Gasteiger partial charge in [-0.3, -0.25) is 4.79 Å². The van der Waals surface area contributed by atoms with Crippen molar-refractivity contribution in [2.45, 2.75) is 59.0 Å². The summed E-state index contributed by atoms with van der Waals surface area (Å²) in [5.74, 6) is 0.563. The number of nitrogens with one attached hydrogen (secondary N) is 1. The summed E-state index contributed by atoms with van der Waals surface area (Å²) in [5.41, 5.74) is 0. The van der Waals surface area contributed by atoms with Crippen LogP contribution in [-0.4, -0.2) is 42.6 Å². The zero-order chi connectivity index (χ0) is 15.3. The minimum atomic E-state index is -0.538.